The fourth-order valence-electron chi connectivity index (χ4n) is 1.15. The standard InChI is InChI=1S/C9H13NO2/c1-6-4-5-8(12-6)9(10-3)7(2)11/h4-5,9-10H,1-3H3. The molecule has 1 N–H and O–H groups in total. The molecule has 0 bridgehead atoms. The van der Waals surface area contributed by atoms with Gasteiger partial charge >= 0.3 is 0 Å². The SMILES string of the molecule is CNC(C(C)=O)c1ccc(C)o1. The molecule has 1 aromatic heterocycles. The van der Waals surface area contributed by atoms with Crippen molar-refractivity contribution in [2.75, 3.05) is 7.05 Å². The second-order valence-corrected chi connectivity index (χ2v) is 2.78. The first-order valence-corrected chi connectivity index (χ1v) is 3.89. The number of carbonyl (C=O) groups is 1. The van der Waals surface area contributed by atoms with Gasteiger partial charge in [0.15, 0.2) is 5.78 Å². The van der Waals surface area contributed by atoms with Gasteiger partial charge in [-0.1, -0.05) is 0 Å². The number of ketones is 1. The van der Waals surface area contributed by atoms with Gasteiger partial charge in [-0.15, -0.1) is 0 Å². The van der Waals surface area contributed by atoms with Crippen molar-refractivity contribution in [2.24, 2.45) is 0 Å². The van der Waals surface area contributed by atoms with Crippen LogP contribution in [0.15, 0.2) is 16.5 Å². The van der Waals surface area contributed by atoms with Crippen molar-refractivity contribution in [1.29, 1.82) is 0 Å². The lowest BCUT2D eigenvalue weighted by Gasteiger charge is -2.08. The Bertz CT molecular complexity index is 278. The van der Waals surface area contributed by atoms with E-state index in [4.69, 9.17) is 4.42 Å². The maximum Gasteiger partial charge on any atom is 0.154 e. The number of likely N-dealkylation sites (N-methyl/N-ethyl adjacent to an activating group) is 1. The lowest BCUT2D eigenvalue weighted by molar-refractivity contribution is -0.119. The third-order valence-corrected chi connectivity index (χ3v) is 1.74. The lowest BCUT2D eigenvalue weighted by atomic mass is 10.1. The van der Waals surface area contributed by atoms with E-state index < -0.39 is 0 Å². The Hall–Kier alpha value is -1.09. The average Bonchev–Trinajstić information content (AvgIpc) is 2.37. The Morgan fingerprint density at radius 1 is 1.58 bits per heavy atom. The maximum atomic E-state index is 11.1. The first-order chi connectivity index (χ1) is 5.65. The molecule has 1 rings (SSSR count). The van der Waals surface area contributed by atoms with E-state index in [9.17, 15) is 4.79 Å². The van der Waals surface area contributed by atoms with E-state index in [0.29, 0.717) is 5.76 Å². The third kappa shape index (κ3) is 1.74. The molecule has 0 aliphatic heterocycles. The molecule has 0 fully saturated rings. The van der Waals surface area contributed by atoms with Crippen molar-refractivity contribution in [2.45, 2.75) is 19.9 Å². The number of Topliss-reactive ketones (excluding diaryl/α,β-unsaturated/α-hetero) is 1. The fourth-order valence-corrected chi connectivity index (χ4v) is 1.15. The molecule has 1 heterocycles. The van der Waals surface area contributed by atoms with Crippen LogP contribution in [0.5, 0.6) is 0 Å². The molecule has 3 heteroatoms. The van der Waals surface area contributed by atoms with Crippen molar-refractivity contribution < 1.29 is 9.21 Å². The highest BCUT2D eigenvalue weighted by Gasteiger charge is 2.16. The van der Waals surface area contributed by atoms with Crippen molar-refractivity contribution in [3.05, 3.63) is 23.7 Å². The Morgan fingerprint density at radius 3 is 2.58 bits per heavy atom. The van der Waals surface area contributed by atoms with Gasteiger partial charge < -0.3 is 9.73 Å². The number of rotatable bonds is 3. The molecule has 0 spiro atoms. The summed E-state index contributed by atoms with van der Waals surface area (Å²) in [5, 5.41) is 2.89. The van der Waals surface area contributed by atoms with Crippen LogP contribution in [0, 0.1) is 6.92 Å². The van der Waals surface area contributed by atoms with Crippen LogP contribution in [0.3, 0.4) is 0 Å². The largest absolute Gasteiger partial charge is 0.464 e. The molecule has 0 aromatic carbocycles. The average molecular weight is 167 g/mol. The molecule has 12 heavy (non-hydrogen) atoms. The van der Waals surface area contributed by atoms with Gasteiger partial charge in [-0.25, -0.2) is 0 Å². The van der Waals surface area contributed by atoms with Gasteiger partial charge in [0.1, 0.15) is 17.6 Å². The predicted molar refractivity (Wildman–Crippen MR) is 45.9 cm³/mol. The predicted octanol–water partition coefficient (Wildman–Crippen LogP) is 1.44. The Balaban J connectivity index is 2.87. The molecular weight excluding hydrogens is 154 g/mol. The number of carbonyl (C=O) groups excluding carboxylic acids is 1. The highest BCUT2D eigenvalue weighted by Crippen LogP contribution is 2.16. The molecule has 0 aliphatic carbocycles. The molecule has 0 saturated carbocycles. The van der Waals surface area contributed by atoms with E-state index in [1.54, 1.807) is 14.0 Å². The highest BCUT2D eigenvalue weighted by molar-refractivity contribution is 5.82. The van der Waals surface area contributed by atoms with Gasteiger partial charge in [-0.05, 0) is 33.0 Å². The van der Waals surface area contributed by atoms with Crippen LogP contribution in [0.1, 0.15) is 24.5 Å². The summed E-state index contributed by atoms with van der Waals surface area (Å²) in [4.78, 5) is 11.1. The summed E-state index contributed by atoms with van der Waals surface area (Å²) >= 11 is 0. The summed E-state index contributed by atoms with van der Waals surface area (Å²) in [6, 6.07) is 3.36. The van der Waals surface area contributed by atoms with Crippen molar-refractivity contribution in [3.63, 3.8) is 0 Å². The van der Waals surface area contributed by atoms with Crippen LogP contribution in [0.2, 0.25) is 0 Å². The van der Waals surface area contributed by atoms with Gasteiger partial charge in [0.05, 0.1) is 0 Å². The zero-order chi connectivity index (χ0) is 9.14. The molecule has 0 amide bonds. The molecule has 3 nitrogen and oxygen atoms in total. The monoisotopic (exact) mass is 167 g/mol. The summed E-state index contributed by atoms with van der Waals surface area (Å²) in [6.07, 6.45) is 0. The number of hydrogen-bond acceptors (Lipinski definition) is 3. The number of nitrogens with one attached hydrogen (secondary N) is 1. The number of aryl methyl sites for hydroxylation is 1. The van der Waals surface area contributed by atoms with Crippen LogP contribution in [0.25, 0.3) is 0 Å². The van der Waals surface area contributed by atoms with Gasteiger partial charge in [-0.2, -0.15) is 0 Å². The van der Waals surface area contributed by atoms with E-state index in [2.05, 4.69) is 5.32 Å². The van der Waals surface area contributed by atoms with E-state index >= 15 is 0 Å². The molecule has 1 atom stereocenters. The van der Waals surface area contributed by atoms with Crippen LogP contribution in [-0.4, -0.2) is 12.8 Å². The lowest BCUT2D eigenvalue weighted by Crippen LogP contribution is -2.22. The minimum absolute atomic E-state index is 0.0619. The van der Waals surface area contributed by atoms with Gasteiger partial charge in [-0.3, -0.25) is 4.79 Å². The molecule has 1 aromatic rings. The van der Waals surface area contributed by atoms with Crippen molar-refractivity contribution in [1.82, 2.24) is 5.32 Å². The second-order valence-electron chi connectivity index (χ2n) is 2.78. The Labute approximate surface area is 71.8 Å². The van der Waals surface area contributed by atoms with Gasteiger partial charge in [0, 0.05) is 0 Å². The number of furan rings is 1. The smallest absolute Gasteiger partial charge is 0.154 e. The van der Waals surface area contributed by atoms with Gasteiger partial charge in [0.2, 0.25) is 0 Å². The topological polar surface area (TPSA) is 42.2 Å². The molecule has 66 valence electrons. The molecule has 0 saturated heterocycles. The normalized spacial score (nSPS) is 12.9. The fraction of sp³-hybridized carbons (Fsp3) is 0.444. The summed E-state index contributed by atoms with van der Waals surface area (Å²) in [5.41, 5.74) is 0. The molecule has 1 unspecified atom stereocenters. The first-order valence-electron chi connectivity index (χ1n) is 3.89. The Morgan fingerprint density at radius 2 is 2.25 bits per heavy atom. The summed E-state index contributed by atoms with van der Waals surface area (Å²) in [5.74, 6) is 1.57. The van der Waals surface area contributed by atoms with E-state index in [1.807, 2.05) is 19.1 Å². The van der Waals surface area contributed by atoms with Crippen LogP contribution in [0.4, 0.5) is 0 Å². The first kappa shape index (κ1) is 9.00. The zero-order valence-corrected chi connectivity index (χ0v) is 7.55. The second kappa shape index (κ2) is 3.54. The van der Waals surface area contributed by atoms with E-state index in [0.717, 1.165) is 5.76 Å². The molecule has 0 aliphatic rings. The summed E-state index contributed by atoms with van der Waals surface area (Å²) < 4.78 is 5.31. The minimum Gasteiger partial charge on any atom is -0.464 e. The molecule has 0 radical (unpaired) electrons. The zero-order valence-electron chi connectivity index (χ0n) is 7.55. The quantitative estimate of drug-likeness (QED) is 0.740. The maximum absolute atomic E-state index is 11.1. The van der Waals surface area contributed by atoms with Crippen LogP contribution in [-0.2, 0) is 4.79 Å². The van der Waals surface area contributed by atoms with E-state index in [-0.39, 0.29) is 11.8 Å². The van der Waals surface area contributed by atoms with Crippen LogP contribution < -0.4 is 5.32 Å². The van der Waals surface area contributed by atoms with Crippen LogP contribution >= 0.6 is 0 Å². The summed E-state index contributed by atoms with van der Waals surface area (Å²) in [6.45, 7) is 3.40. The van der Waals surface area contributed by atoms with Crippen molar-refractivity contribution >= 4 is 5.78 Å². The van der Waals surface area contributed by atoms with Gasteiger partial charge in [0.25, 0.3) is 0 Å². The Kier molecular flexibility index (Phi) is 2.65. The third-order valence-electron chi connectivity index (χ3n) is 1.74. The van der Waals surface area contributed by atoms with Crippen molar-refractivity contribution in [3.8, 4) is 0 Å². The summed E-state index contributed by atoms with van der Waals surface area (Å²) in [7, 11) is 1.74. The highest BCUT2D eigenvalue weighted by atomic mass is 16.3. The van der Waals surface area contributed by atoms with E-state index in [1.165, 1.54) is 0 Å². The molecular formula is C9H13NO2. The minimum atomic E-state index is -0.307. The number of hydrogen-bond donors (Lipinski definition) is 1.